The molecule has 2 amide bonds. The van der Waals surface area contributed by atoms with Gasteiger partial charge in [0, 0.05) is 28.9 Å². The molecule has 5 nitrogen and oxygen atoms in total. The molecule has 0 saturated carbocycles. The van der Waals surface area contributed by atoms with E-state index in [1.54, 1.807) is 0 Å². The highest BCUT2D eigenvalue weighted by Crippen LogP contribution is 2.23. The van der Waals surface area contributed by atoms with Gasteiger partial charge in [-0.2, -0.15) is 0 Å². The molecule has 0 atom stereocenters. The van der Waals surface area contributed by atoms with Crippen molar-refractivity contribution >= 4 is 29.3 Å². The second-order valence-corrected chi connectivity index (χ2v) is 9.05. The molecule has 0 spiro atoms. The van der Waals surface area contributed by atoms with Crippen LogP contribution in [0.2, 0.25) is 0 Å². The zero-order valence-electron chi connectivity index (χ0n) is 17.0. The molecule has 1 heterocycles. The number of carbonyl (C=O) groups excluding carboxylic acids is 2. The molecule has 1 N–H and O–H groups in total. The Balaban J connectivity index is 1.48. The summed E-state index contributed by atoms with van der Waals surface area (Å²) in [4.78, 5) is 27.7. The fourth-order valence-electron chi connectivity index (χ4n) is 3.15. The molecule has 1 aliphatic rings. The van der Waals surface area contributed by atoms with E-state index < -0.39 is 0 Å². The fourth-order valence-corrected chi connectivity index (χ4v) is 3.99. The third-order valence-corrected chi connectivity index (χ3v) is 5.63. The highest BCUT2D eigenvalue weighted by Gasteiger charge is 2.17. The van der Waals surface area contributed by atoms with E-state index in [4.69, 9.17) is 4.74 Å². The third-order valence-electron chi connectivity index (χ3n) is 4.62. The number of ether oxygens (including phenoxy) is 1. The van der Waals surface area contributed by atoms with E-state index in [1.807, 2.05) is 53.1 Å². The summed E-state index contributed by atoms with van der Waals surface area (Å²) in [5.74, 6) is 0.0653. The zero-order chi connectivity index (χ0) is 20.6. The molecule has 0 unspecified atom stereocenters. The molecule has 1 aliphatic heterocycles. The minimum atomic E-state index is -0.0496. The second-order valence-electron chi connectivity index (χ2n) is 7.40. The summed E-state index contributed by atoms with van der Waals surface area (Å²) in [6, 6.07) is 15.6. The Bertz CT molecular complexity index is 813. The van der Waals surface area contributed by atoms with Gasteiger partial charge in [0.05, 0.1) is 26.1 Å². The molecular formula is C23H28N2O3S. The van der Waals surface area contributed by atoms with E-state index in [9.17, 15) is 9.59 Å². The standard InChI is InChI=1S/C23H28N2O3S/c1-17(2)29-21-9-5-18(6-10-21)15-22(26)24-20-7-3-19(4-8-20)16-23(27)25-11-13-28-14-12-25/h3-10,17H,11-16H2,1-2H3,(H,24,26). The molecule has 0 aromatic heterocycles. The van der Waals surface area contributed by atoms with Crippen molar-refractivity contribution < 1.29 is 14.3 Å². The van der Waals surface area contributed by atoms with Gasteiger partial charge < -0.3 is 15.0 Å². The van der Waals surface area contributed by atoms with Crippen LogP contribution >= 0.6 is 11.8 Å². The first-order valence-corrected chi connectivity index (χ1v) is 10.9. The van der Waals surface area contributed by atoms with E-state index >= 15 is 0 Å². The number of hydrogen-bond acceptors (Lipinski definition) is 4. The van der Waals surface area contributed by atoms with Crippen molar-refractivity contribution in [3.8, 4) is 0 Å². The van der Waals surface area contributed by atoms with E-state index in [1.165, 1.54) is 4.90 Å². The number of nitrogens with one attached hydrogen (secondary N) is 1. The predicted molar refractivity (Wildman–Crippen MR) is 117 cm³/mol. The van der Waals surface area contributed by atoms with Gasteiger partial charge in [0.2, 0.25) is 11.8 Å². The van der Waals surface area contributed by atoms with Crippen LogP contribution in [0, 0.1) is 0 Å². The van der Waals surface area contributed by atoms with E-state index in [0.29, 0.717) is 44.4 Å². The summed E-state index contributed by atoms with van der Waals surface area (Å²) in [6.45, 7) is 6.85. The van der Waals surface area contributed by atoms with Crippen molar-refractivity contribution in [3.05, 3.63) is 59.7 Å². The number of rotatable bonds is 7. The minimum Gasteiger partial charge on any atom is -0.378 e. The van der Waals surface area contributed by atoms with E-state index in [-0.39, 0.29) is 11.8 Å². The topological polar surface area (TPSA) is 58.6 Å². The molecule has 29 heavy (non-hydrogen) atoms. The lowest BCUT2D eigenvalue weighted by atomic mass is 10.1. The van der Waals surface area contributed by atoms with Gasteiger partial charge in [-0.25, -0.2) is 0 Å². The Morgan fingerprint density at radius 1 is 0.966 bits per heavy atom. The molecule has 6 heteroatoms. The lowest BCUT2D eigenvalue weighted by Gasteiger charge is -2.26. The summed E-state index contributed by atoms with van der Waals surface area (Å²) < 4.78 is 5.28. The summed E-state index contributed by atoms with van der Waals surface area (Å²) in [7, 11) is 0. The first-order chi connectivity index (χ1) is 14.0. The van der Waals surface area contributed by atoms with Gasteiger partial charge in [0.25, 0.3) is 0 Å². The van der Waals surface area contributed by atoms with Gasteiger partial charge in [-0.15, -0.1) is 11.8 Å². The lowest BCUT2D eigenvalue weighted by Crippen LogP contribution is -2.41. The normalized spacial score (nSPS) is 14.1. The van der Waals surface area contributed by atoms with E-state index in [2.05, 4.69) is 31.3 Å². The SMILES string of the molecule is CC(C)Sc1ccc(CC(=O)Nc2ccc(CC(=O)N3CCOCC3)cc2)cc1. The van der Waals surface area contributed by atoms with Crippen LogP contribution in [-0.4, -0.2) is 48.3 Å². The molecule has 0 radical (unpaired) electrons. The average Bonchev–Trinajstić information content (AvgIpc) is 2.71. The van der Waals surface area contributed by atoms with Crippen LogP contribution in [0.4, 0.5) is 5.69 Å². The molecule has 2 aromatic carbocycles. The molecule has 1 saturated heterocycles. The lowest BCUT2D eigenvalue weighted by molar-refractivity contribution is -0.134. The van der Waals surface area contributed by atoms with Gasteiger partial charge >= 0.3 is 0 Å². The predicted octanol–water partition coefficient (Wildman–Crippen LogP) is 3.77. The van der Waals surface area contributed by atoms with Crippen LogP contribution in [0.3, 0.4) is 0 Å². The highest BCUT2D eigenvalue weighted by molar-refractivity contribution is 7.99. The number of hydrogen-bond donors (Lipinski definition) is 1. The Hall–Kier alpha value is -2.31. The Labute approximate surface area is 176 Å². The summed E-state index contributed by atoms with van der Waals surface area (Å²) in [5, 5.41) is 3.46. The van der Waals surface area contributed by atoms with Crippen LogP contribution in [0.15, 0.2) is 53.4 Å². The largest absolute Gasteiger partial charge is 0.378 e. The van der Waals surface area contributed by atoms with Crippen LogP contribution in [0.5, 0.6) is 0 Å². The minimum absolute atomic E-state index is 0.0496. The van der Waals surface area contributed by atoms with Crippen LogP contribution in [-0.2, 0) is 27.2 Å². The molecule has 2 aromatic rings. The molecule has 0 bridgehead atoms. The number of anilines is 1. The molecule has 0 aliphatic carbocycles. The highest BCUT2D eigenvalue weighted by atomic mass is 32.2. The van der Waals surface area contributed by atoms with Gasteiger partial charge in [0.1, 0.15) is 0 Å². The number of carbonyl (C=O) groups is 2. The summed E-state index contributed by atoms with van der Waals surface area (Å²) >= 11 is 1.81. The van der Waals surface area contributed by atoms with Crippen molar-refractivity contribution in [2.24, 2.45) is 0 Å². The number of nitrogens with zero attached hydrogens (tertiary/aromatic N) is 1. The number of benzene rings is 2. The van der Waals surface area contributed by atoms with Gasteiger partial charge in [-0.1, -0.05) is 38.1 Å². The van der Waals surface area contributed by atoms with Crippen LogP contribution in [0.1, 0.15) is 25.0 Å². The molecule has 3 rings (SSSR count). The molecule has 154 valence electrons. The molecular weight excluding hydrogens is 384 g/mol. The third kappa shape index (κ3) is 6.91. The van der Waals surface area contributed by atoms with Crippen LogP contribution in [0.25, 0.3) is 0 Å². The number of thioether (sulfide) groups is 1. The Kier molecular flexibility index (Phi) is 7.72. The maximum Gasteiger partial charge on any atom is 0.228 e. The summed E-state index contributed by atoms with van der Waals surface area (Å²) in [5.41, 5.74) is 2.67. The van der Waals surface area contributed by atoms with Gasteiger partial charge in [-0.3, -0.25) is 9.59 Å². The number of morpholine rings is 1. The Morgan fingerprint density at radius 3 is 2.17 bits per heavy atom. The van der Waals surface area contributed by atoms with Crippen LogP contribution < -0.4 is 5.32 Å². The zero-order valence-corrected chi connectivity index (χ0v) is 17.8. The van der Waals surface area contributed by atoms with Crippen molar-refractivity contribution in [2.45, 2.75) is 36.8 Å². The van der Waals surface area contributed by atoms with E-state index in [0.717, 1.165) is 16.8 Å². The fraction of sp³-hybridized carbons (Fsp3) is 0.391. The quantitative estimate of drug-likeness (QED) is 0.704. The maximum absolute atomic E-state index is 12.3. The summed E-state index contributed by atoms with van der Waals surface area (Å²) in [6.07, 6.45) is 0.707. The van der Waals surface area contributed by atoms with Crippen molar-refractivity contribution in [3.63, 3.8) is 0 Å². The maximum atomic E-state index is 12.3. The average molecular weight is 413 g/mol. The second kappa shape index (κ2) is 10.5. The van der Waals surface area contributed by atoms with Crippen molar-refractivity contribution in [1.82, 2.24) is 4.90 Å². The number of amides is 2. The first kappa shape index (κ1) is 21.4. The molecule has 1 fully saturated rings. The van der Waals surface area contributed by atoms with Gasteiger partial charge in [-0.05, 0) is 35.4 Å². The van der Waals surface area contributed by atoms with Crippen molar-refractivity contribution in [2.75, 3.05) is 31.6 Å². The van der Waals surface area contributed by atoms with Crippen molar-refractivity contribution in [1.29, 1.82) is 0 Å². The monoisotopic (exact) mass is 412 g/mol. The van der Waals surface area contributed by atoms with Gasteiger partial charge in [0.15, 0.2) is 0 Å². The first-order valence-electron chi connectivity index (χ1n) is 9.99. The smallest absolute Gasteiger partial charge is 0.228 e. The Morgan fingerprint density at radius 2 is 1.55 bits per heavy atom.